The number of rotatable bonds is 2. The van der Waals surface area contributed by atoms with Gasteiger partial charge in [0.2, 0.25) is 5.95 Å². The standard InChI is InChI=1S/C18H15N5O/c1-11-4-2-3-5-14(11)17-22-15-7-6-12(8-16(15)23(17)24)13-9-20-18(19)21-10-13/h2-10,24H,1H3,(H2,19,20,21). The van der Waals surface area contributed by atoms with E-state index in [1.165, 1.54) is 0 Å². The summed E-state index contributed by atoms with van der Waals surface area (Å²) in [6.45, 7) is 1.99. The third-order valence-electron chi connectivity index (χ3n) is 4.02. The van der Waals surface area contributed by atoms with Gasteiger partial charge >= 0.3 is 0 Å². The monoisotopic (exact) mass is 317 g/mol. The molecule has 0 aliphatic carbocycles. The van der Waals surface area contributed by atoms with Gasteiger partial charge in [-0.3, -0.25) is 0 Å². The largest absolute Gasteiger partial charge is 0.426 e. The van der Waals surface area contributed by atoms with Crippen molar-refractivity contribution in [2.45, 2.75) is 6.92 Å². The van der Waals surface area contributed by atoms with Crippen molar-refractivity contribution in [3.05, 3.63) is 60.4 Å². The summed E-state index contributed by atoms with van der Waals surface area (Å²) in [6.07, 6.45) is 3.31. The minimum Gasteiger partial charge on any atom is -0.426 e. The molecule has 2 heterocycles. The molecule has 0 amide bonds. The molecule has 4 aromatic rings. The first kappa shape index (κ1) is 14.2. The number of nitrogen functional groups attached to an aromatic ring is 1. The summed E-state index contributed by atoms with van der Waals surface area (Å²) < 4.78 is 1.12. The minimum atomic E-state index is 0.230. The van der Waals surface area contributed by atoms with E-state index in [2.05, 4.69) is 15.0 Å². The summed E-state index contributed by atoms with van der Waals surface area (Å²) in [6, 6.07) is 13.5. The maximum absolute atomic E-state index is 10.6. The predicted molar refractivity (Wildman–Crippen MR) is 92.5 cm³/mol. The van der Waals surface area contributed by atoms with Gasteiger partial charge in [0.05, 0.1) is 5.52 Å². The number of aryl methyl sites for hydroxylation is 1. The van der Waals surface area contributed by atoms with Crippen LogP contribution in [-0.4, -0.2) is 24.9 Å². The second kappa shape index (κ2) is 5.34. The van der Waals surface area contributed by atoms with Gasteiger partial charge in [-0.1, -0.05) is 30.3 Å². The van der Waals surface area contributed by atoms with Gasteiger partial charge in [-0.2, -0.15) is 4.73 Å². The van der Waals surface area contributed by atoms with Crippen LogP contribution in [0.25, 0.3) is 33.5 Å². The zero-order chi connectivity index (χ0) is 16.7. The molecule has 0 unspecified atom stereocenters. The van der Waals surface area contributed by atoms with Crippen LogP contribution in [0.15, 0.2) is 54.9 Å². The van der Waals surface area contributed by atoms with E-state index in [0.717, 1.165) is 32.5 Å². The topological polar surface area (TPSA) is 89.9 Å². The maximum atomic E-state index is 10.6. The molecule has 0 atom stereocenters. The zero-order valence-corrected chi connectivity index (χ0v) is 13.0. The Morgan fingerprint density at radius 1 is 1.00 bits per heavy atom. The summed E-state index contributed by atoms with van der Waals surface area (Å²) in [7, 11) is 0. The molecule has 0 aliphatic rings. The number of hydrogen-bond acceptors (Lipinski definition) is 5. The van der Waals surface area contributed by atoms with Gasteiger partial charge in [-0.15, -0.1) is 0 Å². The number of fused-ring (bicyclic) bond motifs is 1. The predicted octanol–water partition coefficient (Wildman–Crippen LogP) is 3.29. The van der Waals surface area contributed by atoms with Gasteiger partial charge in [0.15, 0.2) is 5.82 Å². The molecule has 0 spiro atoms. The van der Waals surface area contributed by atoms with E-state index < -0.39 is 0 Å². The number of aromatic nitrogens is 4. The van der Waals surface area contributed by atoms with Crippen molar-refractivity contribution in [3.8, 4) is 22.5 Å². The Morgan fingerprint density at radius 3 is 2.50 bits per heavy atom. The van der Waals surface area contributed by atoms with E-state index in [0.29, 0.717) is 11.3 Å². The Balaban J connectivity index is 1.88. The highest BCUT2D eigenvalue weighted by Crippen LogP contribution is 2.29. The van der Waals surface area contributed by atoms with Crippen molar-refractivity contribution < 1.29 is 5.21 Å². The van der Waals surface area contributed by atoms with E-state index in [-0.39, 0.29) is 5.95 Å². The first-order chi connectivity index (χ1) is 11.6. The van der Waals surface area contributed by atoms with E-state index in [4.69, 9.17) is 5.73 Å². The molecule has 0 saturated carbocycles. The zero-order valence-electron chi connectivity index (χ0n) is 13.0. The number of nitrogens with two attached hydrogens (primary N) is 1. The number of imidazole rings is 1. The van der Waals surface area contributed by atoms with E-state index >= 15 is 0 Å². The molecule has 3 N–H and O–H groups in total. The Morgan fingerprint density at radius 2 is 1.75 bits per heavy atom. The second-order valence-corrected chi connectivity index (χ2v) is 5.60. The Hall–Kier alpha value is -3.41. The fourth-order valence-corrected chi connectivity index (χ4v) is 2.73. The van der Waals surface area contributed by atoms with Gasteiger partial charge in [0, 0.05) is 23.5 Å². The molecule has 2 aromatic heterocycles. The second-order valence-electron chi connectivity index (χ2n) is 5.60. The number of hydrogen-bond donors (Lipinski definition) is 2. The quantitative estimate of drug-likeness (QED) is 0.554. The Bertz CT molecular complexity index is 1040. The lowest BCUT2D eigenvalue weighted by atomic mass is 10.1. The third kappa shape index (κ3) is 2.25. The number of anilines is 1. The Labute approximate surface area is 138 Å². The summed E-state index contributed by atoms with van der Waals surface area (Å²) in [4.78, 5) is 12.6. The van der Waals surface area contributed by atoms with E-state index in [1.54, 1.807) is 12.4 Å². The van der Waals surface area contributed by atoms with Gasteiger partial charge < -0.3 is 10.9 Å². The molecule has 0 bridgehead atoms. The van der Waals surface area contributed by atoms with Crippen molar-refractivity contribution in [3.63, 3.8) is 0 Å². The van der Waals surface area contributed by atoms with Crippen molar-refractivity contribution in [2.75, 3.05) is 5.73 Å². The summed E-state index contributed by atoms with van der Waals surface area (Å²) in [5, 5.41) is 10.6. The average molecular weight is 317 g/mol. The summed E-state index contributed by atoms with van der Waals surface area (Å²) in [5.74, 6) is 0.752. The van der Waals surface area contributed by atoms with E-state index in [9.17, 15) is 5.21 Å². The van der Waals surface area contributed by atoms with Gasteiger partial charge in [0.25, 0.3) is 0 Å². The molecule has 4 rings (SSSR count). The molecule has 6 nitrogen and oxygen atoms in total. The van der Waals surface area contributed by atoms with Crippen LogP contribution in [0, 0.1) is 6.92 Å². The summed E-state index contributed by atoms with van der Waals surface area (Å²) in [5.41, 5.74) is 10.5. The molecule has 0 saturated heterocycles. The van der Waals surface area contributed by atoms with Crippen LogP contribution >= 0.6 is 0 Å². The molecule has 118 valence electrons. The molecular formula is C18H15N5O. The van der Waals surface area contributed by atoms with Crippen molar-refractivity contribution >= 4 is 17.0 Å². The SMILES string of the molecule is Cc1ccccc1-c1nc2ccc(-c3cnc(N)nc3)cc2n1O. The maximum Gasteiger partial charge on any atom is 0.219 e. The number of benzene rings is 2. The molecular weight excluding hydrogens is 302 g/mol. The average Bonchev–Trinajstić information content (AvgIpc) is 2.92. The minimum absolute atomic E-state index is 0.230. The molecule has 6 heteroatoms. The highest BCUT2D eigenvalue weighted by molar-refractivity contribution is 5.85. The first-order valence-corrected chi connectivity index (χ1v) is 7.49. The van der Waals surface area contributed by atoms with Crippen LogP contribution in [0.3, 0.4) is 0 Å². The highest BCUT2D eigenvalue weighted by Gasteiger charge is 2.14. The smallest absolute Gasteiger partial charge is 0.219 e. The van der Waals surface area contributed by atoms with Gasteiger partial charge in [-0.05, 0) is 30.2 Å². The van der Waals surface area contributed by atoms with Crippen LogP contribution in [0.5, 0.6) is 0 Å². The summed E-state index contributed by atoms with van der Waals surface area (Å²) >= 11 is 0. The molecule has 0 aliphatic heterocycles. The Kier molecular flexibility index (Phi) is 3.16. The first-order valence-electron chi connectivity index (χ1n) is 7.49. The lowest BCUT2D eigenvalue weighted by molar-refractivity contribution is 0.203. The molecule has 24 heavy (non-hydrogen) atoms. The van der Waals surface area contributed by atoms with Gasteiger partial charge in [0.1, 0.15) is 5.52 Å². The third-order valence-corrected chi connectivity index (χ3v) is 4.02. The van der Waals surface area contributed by atoms with E-state index in [1.807, 2.05) is 49.4 Å². The highest BCUT2D eigenvalue weighted by atomic mass is 16.5. The van der Waals surface area contributed by atoms with Crippen molar-refractivity contribution in [2.24, 2.45) is 0 Å². The van der Waals surface area contributed by atoms with Crippen LogP contribution in [0.4, 0.5) is 5.95 Å². The van der Waals surface area contributed by atoms with Crippen molar-refractivity contribution in [1.82, 2.24) is 19.7 Å². The molecule has 2 aromatic carbocycles. The van der Waals surface area contributed by atoms with Crippen LogP contribution in [0.1, 0.15) is 5.56 Å². The van der Waals surface area contributed by atoms with Crippen molar-refractivity contribution in [1.29, 1.82) is 0 Å². The lowest BCUT2D eigenvalue weighted by Crippen LogP contribution is -1.96. The number of nitrogens with zero attached hydrogens (tertiary/aromatic N) is 4. The van der Waals surface area contributed by atoms with Crippen LogP contribution < -0.4 is 5.73 Å². The van der Waals surface area contributed by atoms with Gasteiger partial charge in [-0.25, -0.2) is 15.0 Å². The normalized spacial score (nSPS) is 11.0. The fraction of sp³-hybridized carbons (Fsp3) is 0.0556. The molecule has 0 radical (unpaired) electrons. The fourth-order valence-electron chi connectivity index (χ4n) is 2.73. The lowest BCUT2D eigenvalue weighted by Gasteiger charge is -2.05. The van der Waals surface area contributed by atoms with Crippen LogP contribution in [-0.2, 0) is 0 Å². The van der Waals surface area contributed by atoms with Crippen LogP contribution in [0.2, 0.25) is 0 Å². The molecule has 0 fully saturated rings.